The number of carboxylic acid groups (broad SMARTS) is 1. The highest BCUT2D eigenvalue weighted by molar-refractivity contribution is 6.37. The lowest BCUT2D eigenvalue weighted by Crippen LogP contribution is -2.46. The number of nitrogens with two attached hydrogens (primary N) is 2. The molecule has 12 N–H and O–H groups in total. The molecule has 0 spiro atoms. The fraction of sp³-hybridized carbons (Fsp3) is 0.208. The number of carbonyl (C=O) groups excluding carboxylic acids is 5. The van der Waals surface area contributed by atoms with E-state index in [1.54, 1.807) is 13.8 Å². The fourth-order valence-electron chi connectivity index (χ4n) is 9.70. The zero-order chi connectivity index (χ0) is 69.0. The fourth-order valence-corrected chi connectivity index (χ4v) is 9.70. The standard InChI is InChI=1S/2C27H29N5O3.C18H19N5O3/c1-2-35-25(33)18-24(17-20-13-15-23(16-14-20)22-11-7-4-8-12-22)30-27(34)26(28)32(31-29)19-21-9-5-3-6-10-21;1-2-35-25(33)18-24(17-20-13-15-23(16-14-20)22-11-7-4-8-12-22)30-27(34)26(28)31-32(29)19-21-9-5-3-6-10-21;19-17(22-23-20)18(26)21-15(11-16(24)25)10-12-6-8-14(9-7-12)13-4-2-1-3-5-13/h3-16,24,28-29H,2,17-19H2,1H3,(H,30,34);3-16,24H,2,17-19H2,1H3,(H3-,28,29,30,31,34);1-9,15H,10-11H2,(H,21,26)(H,24,25)(H3,19,20,22)/p+1/t2*24-;15-/m111/s1. The number of hydrogen-bond acceptors (Lipinski definition) is 14. The molecule has 24 nitrogen and oxygen atoms in total. The summed E-state index contributed by atoms with van der Waals surface area (Å²) in [5, 5.41) is 54.8. The molecule has 0 unspecified atom stereocenters. The summed E-state index contributed by atoms with van der Waals surface area (Å²) in [6.45, 7) is 4.30. The number of carbonyl (C=O) groups is 6. The molecule has 0 fully saturated rings. The van der Waals surface area contributed by atoms with Gasteiger partial charge in [0.2, 0.25) is 18.2 Å². The molecule has 0 aliphatic heterocycles. The van der Waals surface area contributed by atoms with Gasteiger partial charge in [-0.2, -0.15) is 11.4 Å². The maximum Gasteiger partial charge on any atom is 0.307 e. The first-order valence-corrected chi connectivity index (χ1v) is 30.7. The predicted molar refractivity (Wildman–Crippen MR) is 364 cm³/mol. The van der Waals surface area contributed by atoms with E-state index in [4.69, 9.17) is 48.0 Å². The molecular weight excluding hydrogens is 1220 g/mol. The lowest BCUT2D eigenvalue weighted by Gasteiger charge is -2.22. The first-order valence-electron chi connectivity index (χ1n) is 30.7. The van der Waals surface area contributed by atoms with Gasteiger partial charge in [-0.1, -0.05) is 235 Å². The molecule has 96 heavy (non-hydrogen) atoms. The van der Waals surface area contributed by atoms with Crippen molar-refractivity contribution in [2.24, 2.45) is 32.4 Å². The summed E-state index contributed by atoms with van der Waals surface area (Å²) < 4.78 is 10.1. The van der Waals surface area contributed by atoms with Gasteiger partial charge < -0.3 is 36.4 Å². The number of nitrogens with zero attached hydrogens (tertiary/aromatic N) is 6. The van der Waals surface area contributed by atoms with Gasteiger partial charge in [0.1, 0.15) is 0 Å². The summed E-state index contributed by atoms with van der Waals surface area (Å²) in [5.74, 6) is 4.79. The van der Waals surface area contributed by atoms with Gasteiger partial charge in [0.25, 0.3) is 23.6 Å². The lowest BCUT2D eigenvalue weighted by molar-refractivity contribution is -0.614. The number of esters is 2. The quantitative estimate of drug-likeness (QED) is 0.00486. The highest BCUT2D eigenvalue weighted by Gasteiger charge is 2.26. The van der Waals surface area contributed by atoms with Crippen molar-refractivity contribution in [1.29, 1.82) is 21.8 Å². The van der Waals surface area contributed by atoms with E-state index in [2.05, 4.69) is 36.6 Å². The number of amidine groups is 3. The third-order valence-corrected chi connectivity index (χ3v) is 14.3. The number of azo groups is 1. The van der Waals surface area contributed by atoms with Crippen molar-refractivity contribution in [2.75, 3.05) is 13.2 Å². The van der Waals surface area contributed by atoms with E-state index in [9.17, 15) is 28.8 Å². The summed E-state index contributed by atoms with van der Waals surface area (Å²) >= 11 is 0. The third-order valence-electron chi connectivity index (χ3n) is 14.3. The minimum absolute atomic E-state index is 0.0242. The first-order chi connectivity index (χ1) is 46.4. The number of aliphatic carboxylic acids is 1. The topological polar surface area (TPSA) is 380 Å². The van der Waals surface area contributed by atoms with Gasteiger partial charge in [0.15, 0.2) is 0 Å². The van der Waals surface area contributed by atoms with Gasteiger partial charge in [-0.3, -0.25) is 45.0 Å². The van der Waals surface area contributed by atoms with Crippen molar-refractivity contribution < 1.29 is 48.2 Å². The van der Waals surface area contributed by atoms with E-state index in [1.165, 1.54) is 0 Å². The first kappa shape index (κ1) is 72.8. The van der Waals surface area contributed by atoms with Gasteiger partial charge in [0, 0.05) is 23.7 Å². The molecule has 8 aromatic rings. The van der Waals surface area contributed by atoms with Gasteiger partial charge in [-0.05, 0) is 93.6 Å². The Bertz CT molecular complexity index is 3910. The Morgan fingerprint density at radius 1 is 0.469 bits per heavy atom. The predicted octanol–water partition coefficient (Wildman–Crippen LogP) is 10.8. The minimum Gasteiger partial charge on any atom is -0.481 e. The largest absolute Gasteiger partial charge is 0.481 e. The summed E-state index contributed by atoms with van der Waals surface area (Å²) in [4.78, 5) is 73.7. The number of amides is 3. The molecule has 3 amide bonds. The number of ether oxygens (including phenoxy) is 2. The van der Waals surface area contributed by atoms with Crippen molar-refractivity contribution in [3.05, 3.63) is 252 Å². The van der Waals surface area contributed by atoms with Crippen LogP contribution in [0, 0.1) is 21.8 Å². The SMILES string of the molecule is CCOC(=O)C[C@@H](Cc1ccc(-c2ccccc2)cc1)NC(=O)C(=N)N(Cc1ccccc1)N=N.CCOC(=O)C[C@@H](Cc1ccc(-c2ccccc2)cc1)NC(=O)C(=N)N=[N+](N)Cc1ccccc1.N=C(N=NN)C(=O)N[C@@H](CC(=O)O)Cc1ccc(-c2ccccc2)cc1. The number of benzene rings is 8. The Labute approximate surface area is 556 Å². The van der Waals surface area contributed by atoms with Crippen LogP contribution < -0.4 is 27.6 Å². The molecule has 0 saturated carbocycles. The highest BCUT2D eigenvalue weighted by atomic mass is 16.5. The molecule has 0 saturated heterocycles. The van der Waals surface area contributed by atoms with E-state index in [-0.39, 0.29) is 45.6 Å². The van der Waals surface area contributed by atoms with Crippen LogP contribution in [0.25, 0.3) is 33.4 Å². The third kappa shape index (κ3) is 25.5. The van der Waals surface area contributed by atoms with Crippen LogP contribution in [0.3, 0.4) is 0 Å². The van der Waals surface area contributed by atoms with Crippen LogP contribution in [-0.2, 0) is 70.6 Å². The van der Waals surface area contributed by atoms with Crippen molar-refractivity contribution in [2.45, 2.75) is 83.6 Å². The summed E-state index contributed by atoms with van der Waals surface area (Å²) in [5.41, 5.74) is 18.3. The van der Waals surface area contributed by atoms with Crippen LogP contribution in [-0.4, -0.2) is 99.4 Å². The van der Waals surface area contributed by atoms with Gasteiger partial charge in [-0.15, -0.1) is 5.11 Å². The average Bonchev–Trinajstić information content (AvgIpc) is 1.07. The zero-order valence-corrected chi connectivity index (χ0v) is 53.2. The Morgan fingerprint density at radius 3 is 1.16 bits per heavy atom. The van der Waals surface area contributed by atoms with Crippen LogP contribution in [0.15, 0.2) is 245 Å². The zero-order valence-electron chi connectivity index (χ0n) is 53.2. The molecule has 0 bridgehead atoms. The number of nitrogens with one attached hydrogen (secondary N) is 7. The Balaban J connectivity index is 0.000000231. The van der Waals surface area contributed by atoms with E-state index in [0.717, 1.165) is 71.0 Å². The molecule has 8 rings (SSSR count). The molecule has 0 aliphatic rings. The average molecular weight is 1300 g/mol. The number of hydrazine groups is 1. The summed E-state index contributed by atoms with van der Waals surface area (Å²) in [6, 6.07) is 70.0. The van der Waals surface area contributed by atoms with Gasteiger partial charge in [-0.25, -0.2) is 5.01 Å². The number of rotatable bonds is 25. The normalized spacial score (nSPS) is 11.7. The molecular formula is C72H78N15O9+. The molecule has 494 valence electrons. The summed E-state index contributed by atoms with van der Waals surface area (Å²) in [6.07, 6.45) is 0.736. The molecule has 0 aliphatic carbocycles. The maximum absolute atomic E-state index is 12.8. The van der Waals surface area contributed by atoms with Gasteiger partial charge >= 0.3 is 17.9 Å². The Hall–Kier alpha value is -12.2. The second kappa shape index (κ2) is 39.2. The lowest BCUT2D eigenvalue weighted by atomic mass is 9.99. The van der Waals surface area contributed by atoms with Crippen molar-refractivity contribution in [3.8, 4) is 33.4 Å². The smallest absolute Gasteiger partial charge is 0.307 e. The maximum atomic E-state index is 12.8. The van der Waals surface area contributed by atoms with Crippen LogP contribution in [0.2, 0.25) is 0 Å². The van der Waals surface area contributed by atoms with Crippen LogP contribution in [0.5, 0.6) is 0 Å². The van der Waals surface area contributed by atoms with Crippen molar-refractivity contribution in [1.82, 2.24) is 21.0 Å². The second-order valence-corrected chi connectivity index (χ2v) is 21.5. The molecule has 0 radical (unpaired) electrons. The highest BCUT2D eigenvalue weighted by Crippen LogP contribution is 2.23. The van der Waals surface area contributed by atoms with Crippen molar-refractivity contribution in [3.63, 3.8) is 0 Å². The molecule has 8 aromatic carbocycles. The van der Waals surface area contributed by atoms with Crippen LogP contribution in [0.1, 0.15) is 60.9 Å². The van der Waals surface area contributed by atoms with E-state index >= 15 is 0 Å². The minimum atomic E-state index is -1.05. The van der Waals surface area contributed by atoms with Crippen molar-refractivity contribution >= 4 is 53.1 Å². The van der Waals surface area contributed by atoms with Crippen LogP contribution >= 0.6 is 0 Å². The molecule has 24 heteroatoms. The Morgan fingerprint density at radius 2 is 0.802 bits per heavy atom. The van der Waals surface area contributed by atoms with E-state index < -0.39 is 71.3 Å². The second-order valence-electron chi connectivity index (χ2n) is 21.5. The number of hydrogen-bond donors (Lipinski definition) is 10. The Kier molecular flexibility index (Phi) is 29.8. The molecule has 0 aromatic heterocycles. The molecule has 3 atom stereocenters. The number of carboxylic acids is 1. The van der Waals surface area contributed by atoms with E-state index in [1.807, 2.05) is 224 Å². The summed E-state index contributed by atoms with van der Waals surface area (Å²) in [7, 11) is 0. The van der Waals surface area contributed by atoms with Crippen LogP contribution in [0.4, 0.5) is 0 Å². The van der Waals surface area contributed by atoms with E-state index in [0.29, 0.717) is 19.3 Å². The monoisotopic (exact) mass is 1300 g/mol. The van der Waals surface area contributed by atoms with Gasteiger partial charge in [0.05, 0.1) is 44.1 Å². The molecule has 0 heterocycles.